The van der Waals surface area contributed by atoms with Gasteiger partial charge in [-0.2, -0.15) is 0 Å². The van der Waals surface area contributed by atoms with Gasteiger partial charge in [-0.1, -0.05) is 44.2 Å². The van der Waals surface area contributed by atoms with E-state index in [1.54, 1.807) is 18.2 Å². The number of benzene rings is 3. The minimum Gasteiger partial charge on any atom is -0.285 e. The van der Waals surface area contributed by atoms with Crippen molar-refractivity contribution in [3.8, 4) is 17.1 Å². The normalized spacial score (nSPS) is 13.5. The molecule has 192 valence electrons. The standard InChI is InChI=1S/C32H24F2N4S/c1-17(2)16-20-13-14-22-21-6-4-7-23(30(21)39-32(22)36-20)31-37-26-15-12-19-11-10-18(3)35-27(19)29(26)38(31)28-24(33)8-5-9-25(28)34/h4-15,17H,16H2,1-3H3/i3D3. The SMILES string of the molecule is [2H]C([2H])([2H])c1ccc2ccc3nc(-c4cccc5c4sc4nc(CC(C)C)ccc45)n(-c4c(F)cccc4F)c3c2n1. The lowest BCUT2D eigenvalue weighted by molar-refractivity contribution is 0.571. The fourth-order valence-corrected chi connectivity index (χ4v) is 6.47. The van der Waals surface area contributed by atoms with Gasteiger partial charge in [-0.15, -0.1) is 11.3 Å². The molecule has 3 aromatic carbocycles. The molecule has 0 N–H and O–H groups in total. The molecular formula is C32H24F2N4S. The number of imidazole rings is 1. The fraction of sp³-hybridized carbons (Fsp3) is 0.156. The summed E-state index contributed by atoms with van der Waals surface area (Å²) in [5.74, 6) is -0.766. The highest BCUT2D eigenvalue weighted by Crippen LogP contribution is 2.42. The molecule has 4 heterocycles. The predicted molar refractivity (Wildman–Crippen MR) is 156 cm³/mol. The van der Waals surface area contributed by atoms with Gasteiger partial charge < -0.3 is 0 Å². The van der Waals surface area contributed by atoms with Crippen molar-refractivity contribution in [2.24, 2.45) is 5.92 Å². The molecule has 4 nitrogen and oxygen atoms in total. The number of halogens is 2. The Hall–Kier alpha value is -4.23. The first-order valence-electron chi connectivity index (χ1n) is 14.2. The number of rotatable bonds is 4. The molecule has 0 atom stereocenters. The largest absolute Gasteiger partial charge is 0.285 e. The van der Waals surface area contributed by atoms with Crippen LogP contribution in [0, 0.1) is 24.4 Å². The monoisotopic (exact) mass is 537 g/mol. The highest BCUT2D eigenvalue weighted by Gasteiger charge is 2.24. The molecule has 39 heavy (non-hydrogen) atoms. The quantitative estimate of drug-likeness (QED) is 0.225. The molecule has 0 saturated heterocycles. The second-order valence-electron chi connectivity index (χ2n) is 10.1. The molecule has 7 aromatic rings. The maximum Gasteiger partial charge on any atom is 0.150 e. The lowest BCUT2D eigenvalue weighted by Gasteiger charge is -2.13. The van der Waals surface area contributed by atoms with Crippen molar-refractivity contribution >= 4 is 53.6 Å². The van der Waals surface area contributed by atoms with E-state index in [9.17, 15) is 0 Å². The molecule has 7 rings (SSSR count). The number of para-hydroxylation sites is 1. The van der Waals surface area contributed by atoms with Crippen LogP contribution in [-0.4, -0.2) is 19.5 Å². The van der Waals surface area contributed by atoms with E-state index in [0.29, 0.717) is 39.2 Å². The van der Waals surface area contributed by atoms with Gasteiger partial charge >= 0.3 is 0 Å². The van der Waals surface area contributed by atoms with Gasteiger partial charge in [0.2, 0.25) is 0 Å². The van der Waals surface area contributed by atoms with Crippen LogP contribution in [0.15, 0.2) is 72.8 Å². The van der Waals surface area contributed by atoms with Crippen molar-refractivity contribution in [2.75, 3.05) is 0 Å². The van der Waals surface area contributed by atoms with Crippen LogP contribution in [0.25, 0.3) is 59.3 Å². The Labute approximate surface area is 231 Å². The maximum absolute atomic E-state index is 15.5. The number of aromatic nitrogens is 4. The number of nitrogens with zero attached hydrogens (tertiary/aromatic N) is 4. The van der Waals surface area contributed by atoms with Crippen LogP contribution in [0.3, 0.4) is 0 Å². The first-order chi connectivity index (χ1) is 20.1. The van der Waals surface area contributed by atoms with Crippen molar-refractivity contribution in [3.63, 3.8) is 0 Å². The van der Waals surface area contributed by atoms with Gasteiger partial charge in [0.25, 0.3) is 0 Å². The molecule has 0 spiro atoms. The Morgan fingerprint density at radius 1 is 0.872 bits per heavy atom. The summed E-state index contributed by atoms with van der Waals surface area (Å²) in [4.78, 5) is 15.2. The third-order valence-electron chi connectivity index (χ3n) is 6.92. The summed E-state index contributed by atoms with van der Waals surface area (Å²) in [6.45, 7) is 1.85. The Bertz CT molecular complexity index is 2160. The van der Waals surface area contributed by atoms with Gasteiger partial charge in [0.15, 0.2) is 0 Å². The van der Waals surface area contributed by atoms with Crippen LogP contribution in [0.5, 0.6) is 0 Å². The number of pyridine rings is 2. The third-order valence-corrected chi connectivity index (χ3v) is 8.07. The first kappa shape index (κ1) is 20.7. The second kappa shape index (κ2) is 8.92. The molecule has 0 fully saturated rings. The van der Waals surface area contributed by atoms with Crippen LogP contribution >= 0.6 is 11.3 Å². The van der Waals surface area contributed by atoms with Crippen LogP contribution in [-0.2, 0) is 6.42 Å². The van der Waals surface area contributed by atoms with E-state index in [4.69, 9.17) is 14.1 Å². The first-order valence-corrected chi connectivity index (χ1v) is 13.5. The maximum atomic E-state index is 15.5. The number of thiophene rings is 1. The Morgan fingerprint density at radius 3 is 2.46 bits per heavy atom. The minimum absolute atomic E-state index is 0.110. The molecule has 0 amide bonds. The van der Waals surface area contributed by atoms with Gasteiger partial charge in [-0.3, -0.25) is 9.55 Å². The van der Waals surface area contributed by atoms with Crippen LogP contribution in [0.1, 0.15) is 29.3 Å². The van der Waals surface area contributed by atoms with E-state index >= 15 is 8.78 Å². The average Bonchev–Trinajstić information content (AvgIpc) is 3.50. The third kappa shape index (κ3) is 3.80. The predicted octanol–water partition coefficient (Wildman–Crippen LogP) is 8.79. The highest BCUT2D eigenvalue weighted by atomic mass is 32.1. The van der Waals surface area contributed by atoms with Crippen LogP contribution in [0.4, 0.5) is 8.78 Å². The molecule has 0 radical (unpaired) electrons. The lowest BCUT2D eigenvalue weighted by Crippen LogP contribution is -2.04. The molecular weight excluding hydrogens is 510 g/mol. The van der Waals surface area contributed by atoms with E-state index in [-0.39, 0.29) is 11.4 Å². The van der Waals surface area contributed by atoms with Gasteiger partial charge in [-0.05, 0) is 61.7 Å². The van der Waals surface area contributed by atoms with Crippen molar-refractivity contribution in [1.29, 1.82) is 0 Å². The number of aryl methyl sites for hydroxylation is 1. The highest BCUT2D eigenvalue weighted by molar-refractivity contribution is 7.26. The van der Waals surface area contributed by atoms with Crippen LogP contribution in [0.2, 0.25) is 0 Å². The molecule has 0 unspecified atom stereocenters. The molecule has 0 aliphatic rings. The summed E-state index contributed by atoms with van der Waals surface area (Å²) >= 11 is 1.51. The van der Waals surface area contributed by atoms with Gasteiger partial charge in [-0.25, -0.2) is 18.7 Å². The second-order valence-corrected chi connectivity index (χ2v) is 11.1. The van der Waals surface area contributed by atoms with E-state index in [2.05, 4.69) is 24.9 Å². The van der Waals surface area contributed by atoms with Gasteiger partial charge in [0.05, 0.1) is 16.6 Å². The summed E-state index contributed by atoms with van der Waals surface area (Å²) in [6.07, 6.45) is 0.859. The van der Waals surface area contributed by atoms with Crippen LogP contribution < -0.4 is 0 Å². The topological polar surface area (TPSA) is 43.6 Å². The summed E-state index contributed by atoms with van der Waals surface area (Å²) in [7, 11) is 0. The number of fused-ring (bicyclic) bond motifs is 6. The molecule has 0 bridgehead atoms. The van der Waals surface area contributed by atoms with Crippen molar-refractivity contribution < 1.29 is 12.9 Å². The Balaban J connectivity index is 1.60. The zero-order valence-electron chi connectivity index (χ0n) is 24.2. The smallest absolute Gasteiger partial charge is 0.150 e. The molecule has 7 heteroatoms. The Kier molecular flexibility index (Phi) is 4.73. The fourth-order valence-electron chi connectivity index (χ4n) is 5.27. The van der Waals surface area contributed by atoms with E-state index in [1.165, 1.54) is 40.2 Å². The van der Waals surface area contributed by atoms with Gasteiger partial charge in [0, 0.05) is 41.9 Å². The summed E-state index contributed by atoms with van der Waals surface area (Å²) in [5, 5.41) is 2.59. The summed E-state index contributed by atoms with van der Waals surface area (Å²) < 4.78 is 57.1. The van der Waals surface area contributed by atoms with Crippen molar-refractivity contribution in [2.45, 2.75) is 27.1 Å². The molecule has 0 aliphatic carbocycles. The van der Waals surface area contributed by atoms with Gasteiger partial charge in [0.1, 0.15) is 28.0 Å². The average molecular weight is 538 g/mol. The van der Waals surface area contributed by atoms with E-state index in [0.717, 1.165) is 32.4 Å². The zero-order valence-corrected chi connectivity index (χ0v) is 22.0. The number of hydrogen-bond acceptors (Lipinski definition) is 4. The Morgan fingerprint density at radius 2 is 1.67 bits per heavy atom. The van der Waals surface area contributed by atoms with E-state index < -0.39 is 18.5 Å². The summed E-state index contributed by atoms with van der Waals surface area (Å²) in [5.41, 5.74) is 2.33. The molecule has 0 aliphatic heterocycles. The van der Waals surface area contributed by atoms with Crippen molar-refractivity contribution in [1.82, 2.24) is 19.5 Å². The molecule has 4 aromatic heterocycles. The minimum atomic E-state index is -2.46. The molecule has 0 saturated carbocycles. The zero-order chi connectivity index (χ0) is 29.3. The summed E-state index contributed by atoms with van der Waals surface area (Å²) in [6, 6.07) is 20.3. The van der Waals surface area contributed by atoms with Crippen molar-refractivity contribution in [3.05, 3.63) is 95.8 Å². The van der Waals surface area contributed by atoms with E-state index in [1.807, 2.05) is 24.3 Å². The lowest BCUT2D eigenvalue weighted by atomic mass is 10.1. The number of hydrogen-bond donors (Lipinski definition) is 0.